The zero-order valence-electron chi connectivity index (χ0n) is 24.3. The number of fused-ring (bicyclic) bond motifs is 1. The highest BCUT2D eigenvalue weighted by molar-refractivity contribution is 8.00. The summed E-state index contributed by atoms with van der Waals surface area (Å²) >= 11 is 2.94. The standard InChI is InChI=1S/C33H38N2O4S2/c1-6-26(40-24-14-10-13-23(20-24)34-28(36)18-15-21-11-8-7-9-12-21)30(37)35-31-29(32(38)39-5)25-17-16-22(33(2,3)4)19-27(25)41-31/h7-15,18,20,22,26H,6,16-17,19H2,1-5H3,(H,34,36)(H,35,37)/b18-15+. The van der Waals surface area contributed by atoms with Gasteiger partial charge in [0.15, 0.2) is 0 Å². The molecular formula is C33H38N2O4S2. The molecule has 0 saturated carbocycles. The van der Waals surface area contributed by atoms with Gasteiger partial charge in [0.2, 0.25) is 11.8 Å². The fourth-order valence-electron chi connectivity index (χ4n) is 4.98. The molecule has 0 radical (unpaired) electrons. The second-order valence-electron chi connectivity index (χ2n) is 11.3. The zero-order valence-corrected chi connectivity index (χ0v) is 25.9. The number of anilines is 2. The molecule has 0 saturated heterocycles. The summed E-state index contributed by atoms with van der Waals surface area (Å²) in [6, 6.07) is 17.1. The van der Waals surface area contributed by atoms with Gasteiger partial charge < -0.3 is 15.4 Å². The maximum absolute atomic E-state index is 13.5. The van der Waals surface area contributed by atoms with E-state index in [0.29, 0.717) is 28.6 Å². The van der Waals surface area contributed by atoms with Crippen LogP contribution >= 0.6 is 23.1 Å². The Morgan fingerprint density at radius 1 is 1.10 bits per heavy atom. The first-order valence-corrected chi connectivity index (χ1v) is 15.6. The van der Waals surface area contributed by atoms with Crippen LogP contribution < -0.4 is 10.6 Å². The van der Waals surface area contributed by atoms with Crippen molar-refractivity contribution in [1.82, 2.24) is 0 Å². The van der Waals surface area contributed by atoms with Crippen molar-refractivity contribution >= 4 is 57.6 Å². The van der Waals surface area contributed by atoms with Crippen LogP contribution in [0.5, 0.6) is 0 Å². The lowest BCUT2D eigenvalue weighted by Crippen LogP contribution is -2.27. The lowest BCUT2D eigenvalue weighted by molar-refractivity contribution is -0.115. The van der Waals surface area contributed by atoms with Crippen molar-refractivity contribution in [3.8, 4) is 0 Å². The second kappa shape index (κ2) is 13.5. The Morgan fingerprint density at radius 2 is 1.85 bits per heavy atom. The third kappa shape index (κ3) is 7.89. The molecule has 0 aliphatic heterocycles. The number of benzene rings is 2. The second-order valence-corrected chi connectivity index (χ2v) is 13.7. The Bertz CT molecular complexity index is 1420. The van der Waals surface area contributed by atoms with Crippen molar-refractivity contribution in [1.29, 1.82) is 0 Å². The average molecular weight is 591 g/mol. The van der Waals surface area contributed by atoms with E-state index in [-0.39, 0.29) is 22.5 Å². The maximum atomic E-state index is 13.5. The van der Waals surface area contributed by atoms with Gasteiger partial charge in [-0.25, -0.2) is 4.79 Å². The summed E-state index contributed by atoms with van der Waals surface area (Å²) in [4.78, 5) is 40.8. The molecule has 1 aliphatic carbocycles. The fraction of sp³-hybridized carbons (Fsp3) is 0.364. The molecule has 2 amide bonds. The Morgan fingerprint density at radius 3 is 2.54 bits per heavy atom. The van der Waals surface area contributed by atoms with Crippen molar-refractivity contribution in [3.63, 3.8) is 0 Å². The minimum Gasteiger partial charge on any atom is -0.465 e. The molecule has 41 heavy (non-hydrogen) atoms. The topological polar surface area (TPSA) is 84.5 Å². The van der Waals surface area contributed by atoms with Crippen molar-refractivity contribution in [2.75, 3.05) is 17.7 Å². The fourth-order valence-corrected chi connectivity index (χ4v) is 7.31. The highest BCUT2D eigenvalue weighted by atomic mass is 32.2. The molecule has 1 aromatic heterocycles. The van der Waals surface area contributed by atoms with Gasteiger partial charge in [0, 0.05) is 21.5 Å². The number of thioether (sulfide) groups is 1. The quantitative estimate of drug-likeness (QED) is 0.151. The molecule has 3 aromatic rings. The van der Waals surface area contributed by atoms with Gasteiger partial charge in [-0.05, 0) is 72.4 Å². The van der Waals surface area contributed by atoms with Gasteiger partial charge in [-0.3, -0.25) is 9.59 Å². The number of methoxy groups -OCH3 is 1. The molecule has 2 atom stereocenters. The molecule has 216 valence electrons. The molecule has 6 nitrogen and oxygen atoms in total. The lowest BCUT2D eigenvalue weighted by Gasteiger charge is -2.33. The monoisotopic (exact) mass is 590 g/mol. The summed E-state index contributed by atoms with van der Waals surface area (Å²) < 4.78 is 5.12. The normalized spacial score (nSPS) is 15.7. The minimum absolute atomic E-state index is 0.158. The molecule has 4 rings (SSSR count). The SMILES string of the molecule is CCC(Sc1cccc(NC(=O)/C=C/c2ccccc2)c1)C(=O)Nc1sc2c(c1C(=O)OC)CCC(C(C)(C)C)C2. The van der Waals surface area contributed by atoms with Crippen molar-refractivity contribution in [2.24, 2.45) is 11.3 Å². The van der Waals surface area contributed by atoms with Gasteiger partial charge in [0.1, 0.15) is 5.00 Å². The van der Waals surface area contributed by atoms with E-state index in [9.17, 15) is 14.4 Å². The Balaban J connectivity index is 1.45. The van der Waals surface area contributed by atoms with Crippen LogP contribution in [0.2, 0.25) is 0 Å². The van der Waals surface area contributed by atoms with Crippen LogP contribution in [0.15, 0.2) is 65.6 Å². The van der Waals surface area contributed by atoms with Crippen LogP contribution in [0.4, 0.5) is 10.7 Å². The smallest absolute Gasteiger partial charge is 0.341 e. The van der Waals surface area contributed by atoms with Gasteiger partial charge in [-0.15, -0.1) is 23.1 Å². The summed E-state index contributed by atoms with van der Waals surface area (Å²) in [5, 5.41) is 6.15. The molecule has 2 N–H and O–H groups in total. The largest absolute Gasteiger partial charge is 0.465 e. The van der Waals surface area contributed by atoms with E-state index in [1.165, 1.54) is 36.3 Å². The molecule has 0 bridgehead atoms. The number of thiophene rings is 1. The van der Waals surface area contributed by atoms with Crippen molar-refractivity contribution in [3.05, 3.63) is 82.2 Å². The first-order valence-electron chi connectivity index (χ1n) is 13.9. The summed E-state index contributed by atoms with van der Waals surface area (Å²) in [6.45, 7) is 8.73. The first kappa shape index (κ1) is 30.6. The van der Waals surface area contributed by atoms with Gasteiger partial charge in [0.05, 0.1) is 17.9 Å². The number of carbonyl (C=O) groups is 3. The highest BCUT2D eigenvalue weighted by Crippen LogP contribution is 2.44. The van der Waals surface area contributed by atoms with E-state index in [4.69, 9.17) is 4.74 Å². The van der Waals surface area contributed by atoms with E-state index in [1.54, 1.807) is 6.08 Å². The maximum Gasteiger partial charge on any atom is 0.341 e. The van der Waals surface area contributed by atoms with E-state index in [0.717, 1.165) is 40.2 Å². The van der Waals surface area contributed by atoms with E-state index >= 15 is 0 Å². The molecule has 0 spiro atoms. The Kier molecular flexibility index (Phi) is 10.1. The Hall–Kier alpha value is -3.36. The first-order chi connectivity index (χ1) is 19.6. The predicted molar refractivity (Wildman–Crippen MR) is 170 cm³/mol. The molecule has 2 aromatic carbocycles. The number of hydrogen-bond acceptors (Lipinski definition) is 6. The lowest BCUT2D eigenvalue weighted by atomic mass is 9.72. The minimum atomic E-state index is -0.405. The molecule has 2 unspecified atom stereocenters. The van der Waals surface area contributed by atoms with Crippen LogP contribution in [0.3, 0.4) is 0 Å². The van der Waals surface area contributed by atoms with Crippen LogP contribution in [-0.4, -0.2) is 30.1 Å². The number of esters is 1. The van der Waals surface area contributed by atoms with Crippen LogP contribution in [0.1, 0.15) is 66.9 Å². The summed E-state index contributed by atoms with van der Waals surface area (Å²) in [5.74, 6) is -0.277. The van der Waals surface area contributed by atoms with E-state index in [1.807, 2.05) is 61.5 Å². The van der Waals surface area contributed by atoms with Crippen molar-refractivity contribution < 1.29 is 19.1 Å². The van der Waals surface area contributed by atoms with Gasteiger partial charge >= 0.3 is 5.97 Å². The average Bonchev–Trinajstić information content (AvgIpc) is 3.31. The number of ether oxygens (including phenoxy) is 1. The molecule has 1 heterocycles. The third-order valence-electron chi connectivity index (χ3n) is 7.39. The van der Waals surface area contributed by atoms with Gasteiger partial charge in [-0.2, -0.15) is 0 Å². The molecule has 1 aliphatic rings. The van der Waals surface area contributed by atoms with Crippen LogP contribution in [-0.2, 0) is 27.2 Å². The number of nitrogens with one attached hydrogen (secondary N) is 2. The highest BCUT2D eigenvalue weighted by Gasteiger charge is 2.35. The van der Waals surface area contributed by atoms with Gasteiger partial charge in [-0.1, -0.05) is 64.1 Å². The Labute approximate surface area is 251 Å². The summed E-state index contributed by atoms with van der Waals surface area (Å²) in [5.41, 5.74) is 3.29. The number of hydrogen-bond donors (Lipinski definition) is 2. The number of carbonyl (C=O) groups excluding carboxylic acids is 3. The molecule has 0 fully saturated rings. The third-order valence-corrected chi connectivity index (χ3v) is 9.91. The van der Waals surface area contributed by atoms with E-state index < -0.39 is 5.97 Å². The molecular weight excluding hydrogens is 553 g/mol. The van der Waals surface area contributed by atoms with Crippen LogP contribution in [0.25, 0.3) is 6.08 Å². The summed E-state index contributed by atoms with van der Waals surface area (Å²) in [6.07, 6.45) is 6.57. The van der Waals surface area contributed by atoms with Crippen molar-refractivity contribution in [2.45, 2.75) is 63.5 Å². The van der Waals surface area contributed by atoms with Gasteiger partial charge in [0.25, 0.3) is 0 Å². The number of amides is 2. The van der Waals surface area contributed by atoms with E-state index in [2.05, 4.69) is 31.4 Å². The predicted octanol–water partition coefficient (Wildman–Crippen LogP) is 7.85. The summed E-state index contributed by atoms with van der Waals surface area (Å²) in [7, 11) is 1.38. The van der Waals surface area contributed by atoms with Crippen LogP contribution in [0, 0.1) is 11.3 Å². The molecule has 8 heteroatoms. The zero-order chi connectivity index (χ0) is 29.6. The number of rotatable bonds is 9.